The van der Waals surface area contributed by atoms with Crippen molar-refractivity contribution in [3.8, 4) is 12.3 Å². The number of carbonyl (C=O) groups is 1. The van der Waals surface area contributed by atoms with Crippen LogP contribution in [0.4, 0.5) is 0 Å². The molecule has 1 aromatic carbocycles. The molecule has 2 N–H and O–H groups in total. The fourth-order valence-electron chi connectivity index (χ4n) is 1.92. The molecular formula is C15H16N2O. The Bertz CT molecular complexity index is 592. The Hall–Kier alpha value is -2.21. The first-order valence-electron chi connectivity index (χ1n) is 6.08. The molecule has 1 atom stereocenters. The Morgan fingerprint density at radius 3 is 3.06 bits per heavy atom. The van der Waals surface area contributed by atoms with Crippen molar-refractivity contribution in [3.05, 3.63) is 36.0 Å². The molecule has 1 aromatic heterocycles. The number of nitrogens with one attached hydrogen (secondary N) is 2. The van der Waals surface area contributed by atoms with Crippen molar-refractivity contribution in [2.24, 2.45) is 0 Å². The zero-order valence-corrected chi connectivity index (χ0v) is 10.4. The number of amides is 1. The molecule has 18 heavy (non-hydrogen) atoms. The number of rotatable bonds is 4. The van der Waals surface area contributed by atoms with Crippen LogP contribution < -0.4 is 5.32 Å². The van der Waals surface area contributed by atoms with E-state index in [1.165, 1.54) is 0 Å². The van der Waals surface area contributed by atoms with Crippen LogP contribution in [-0.2, 0) is 0 Å². The van der Waals surface area contributed by atoms with Crippen LogP contribution in [0.25, 0.3) is 10.9 Å². The van der Waals surface area contributed by atoms with E-state index in [0.717, 1.165) is 23.7 Å². The van der Waals surface area contributed by atoms with Gasteiger partial charge in [-0.3, -0.25) is 4.79 Å². The van der Waals surface area contributed by atoms with E-state index in [4.69, 9.17) is 6.42 Å². The molecule has 0 aliphatic carbocycles. The molecule has 1 heterocycles. The molecule has 0 spiro atoms. The maximum absolute atomic E-state index is 12.0. The van der Waals surface area contributed by atoms with Gasteiger partial charge in [0.25, 0.3) is 5.91 Å². The topological polar surface area (TPSA) is 44.9 Å². The zero-order valence-electron chi connectivity index (χ0n) is 10.4. The van der Waals surface area contributed by atoms with Crippen molar-refractivity contribution >= 4 is 16.8 Å². The fraction of sp³-hybridized carbons (Fsp3) is 0.267. The van der Waals surface area contributed by atoms with Gasteiger partial charge in [0.05, 0.1) is 6.04 Å². The van der Waals surface area contributed by atoms with Crippen molar-refractivity contribution in [1.82, 2.24) is 10.3 Å². The third kappa shape index (κ3) is 2.54. The predicted molar refractivity (Wildman–Crippen MR) is 73.3 cm³/mol. The number of carbonyl (C=O) groups excluding carboxylic acids is 1. The van der Waals surface area contributed by atoms with Crippen LogP contribution in [0.2, 0.25) is 0 Å². The van der Waals surface area contributed by atoms with Gasteiger partial charge in [-0.15, -0.1) is 6.42 Å². The minimum atomic E-state index is -0.193. The molecule has 0 fully saturated rings. The third-order valence-corrected chi connectivity index (χ3v) is 2.90. The third-order valence-electron chi connectivity index (χ3n) is 2.90. The first-order valence-corrected chi connectivity index (χ1v) is 6.08. The average Bonchev–Trinajstić information content (AvgIpc) is 2.85. The molecule has 0 radical (unpaired) electrons. The average molecular weight is 240 g/mol. The molecule has 0 aliphatic rings. The molecule has 3 nitrogen and oxygen atoms in total. The number of benzene rings is 1. The van der Waals surface area contributed by atoms with E-state index >= 15 is 0 Å². The van der Waals surface area contributed by atoms with Gasteiger partial charge in [-0.25, -0.2) is 0 Å². The first kappa shape index (κ1) is 12.3. The molecule has 0 saturated carbocycles. The molecular weight excluding hydrogens is 224 g/mol. The van der Waals surface area contributed by atoms with E-state index in [9.17, 15) is 4.79 Å². The summed E-state index contributed by atoms with van der Waals surface area (Å²) in [6.45, 7) is 2.04. The van der Waals surface area contributed by atoms with Gasteiger partial charge in [-0.2, -0.15) is 0 Å². The Balaban J connectivity index is 2.15. The molecule has 0 bridgehead atoms. The summed E-state index contributed by atoms with van der Waals surface area (Å²) in [4.78, 5) is 15.1. The summed E-state index contributed by atoms with van der Waals surface area (Å²) in [5, 5.41) is 3.94. The fourth-order valence-corrected chi connectivity index (χ4v) is 1.92. The number of fused-ring (bicyclic) bond motifs is 1. The summed E-state index contributed by atoms with van der Waals surface area (Å²) < 4.78 is 0. The highest BCUT2D eigenvalue weighted by atomic mass is 16.1. The minimum absolute atomic E-state index is 0.122. The van der Waals surface area contributed by atoms with Crippen molar-refractivity contribution in [2.45, 2.75) is 25.8 Å². The number of H-pyrrole nitrogens is 1. The Labute approximate surface area is 107 Å². The summed E-state index contributed by atoms with van der Waals surface area (Å²) >= 11 is 0. The minimum Gasteiger partial charge on any atom is -0.361 e. The molecule has 2 rings (SSSR count). The van der Waals surface area contributed by atoms with Crippen LogP contribution >= 0.6 is 0 Å². The smallest absolute Gasteiger partial charge is 0.252 e. The number of hydrogen-bond donors (Lipinski definition) is 2. The van der Waals surface area contributed by atoms with Gasteiger partial charge in [-0.05, 0) is 30.0 Å². The second-order valence-electron chi connectivity index (χ2n) is 4.26. The summed E-state index contributed by atoms with van der Waals surface area (Å²) in [5.41, 5.74) is 1.58. The molecule has 0 aliphatic heterocycles. The van der Waals surface area contributed by atoms with Crippen LogP contribution in [0.15, 0.2) is 30.5 Å². The van der Waals surface area contributed by atoms with E-state index in [-0.39, 0.29) is 11.9 Å². The summed E-state index contributed by atoms with van der Waals surface area (Å²) in [6.07, 6.45) is 8.99. The van der Waals surface area contributed by atoms with Gasteiger partial charge in [0, 0.05) is 17.3 Å². The van der Waals surface area contributed by atoms with Gasteiger partial charge < -0.3 is 10.3 Å². The van der Waals surface area contributed by atoms with Crippen molar-refractivity contribution < 1.29 is 4.79 Å². The van der Waals surface area contributed by atoms with E-state index in [1.54, 1.807) is 0 Å². The Morgan fingerprint density at radius 2 is 2.33 bits per heavy atom. The van der Waals surface area contributed by atoms with Gasteiger partial charge in [0.15, 0.2) is 0 Å². The number of aromatic amines is 1. The van der Waals surface area contributed by atoms with Crippen LogP contribution in [0, 0.1) is 12.3 Å². The van der Waals surface area contributed by atoms with Crippen molar-refractivity contribution in [1.29, 1.82) is 0 Å². The van der Waals surface area contributed by atoms with Crippen molar-refractivity contribution in [3.63, 3.8) is 0 Å². The monoisotopic (exact) mass is 240 g/mol. The maximum atomic E-state index is 12.0. The maximum Gasteiger partial charge on any atom is 0.252 e. The quantitative estimate of drug-likeness (QED) is 0.793. The van der Waals surface area contributed by atoms with E-state index in [1.807, 2.05) is 37.4 Å². The summed E-state index contributed by atoms with van der Waals surface area (Å²) in [7, 11) is 0. The second-order valence-corrected chi connectivity index (χ2v) is 4.26. The van der Waals surface area contributed by atoms with Gasteiger partial charge >= 0.3 is 0 Å². The zero-order chi connectivity index (χ0) is 13.0. The molecule has 3 heteroatoms. The number of aromatic nitrogens is 1. The lowest BCUT2D eigenvalue weighted by Crippen LogP contribution is -2.33. The second kappa shape index (κ2) is 5.42. The number of hydrogen-bond acceptors (Lipinski definition) is 1. The van der Waals surface area contributed by atoms with Gasteiger partial charge in [0.2, 0.25) is 0 Å². The number of terminal acetylenes is 1. The van der Waals surface area contributed by atoms with Crippen LogP contribution in [0.5, 0.6) is 0 Å². The highest BCUT2D eigenvalue weighted by molar-refractivity contribution is 5.98. The lowest BCUT2D eigenvalue weighted by molar-refractivity contribution is 0.0944. The Morgan fingerprint density at radius 1 is 1.50 bits per heavy atom. The van der Waals surface area contributed by atoms with Gasteiger partial charge in [-0.1, -0.05) is 25.3 Å². The molecule has 1 unspecified atom stereocenters. The normalized spacial score (nSPS) is 12.0. The summed E-state index contributed by atoms with van der Waals surface area (Å²) in [5.74, 6) is 2.47. The first-order chi connectivity index (χ1) is 8.74. The lowest BCUT2D eigenvalue weighted by atomic mass is 10.1. The standard InChI is InChI=1S/C15H16N2O/c1-3-5-13(4-2)17-15(18)12-7-6-11-8-9-16-14(11)10-12/h2,6-10,13,16H,3,5H2,1H3,(H,17,18). The summed E-state index contributed by atoms with van der Waals surface area (Å²) in [6, 6.07) is 7.35. The van der Waals surface area contributed by atoms with Gasteiger partial charge in [0.1, 0.15) is 0 Å². The Kier molecular flexibility index (Phi) is 3.69. The highest BCUT2D eigenvalue weighted by Crippen LogP contribution is 2.14. The molecule has 0 saturated heterocycles. The molecule has 1 amide bonds. The molecule has 2 aromatic rings. The highest BCUT2D eigenvalue weighted by Gasteiger charge is 2.11. The van der Waals surface area contributed by atoms with Crippen molar-refractivity contribution in [2.75, 3.05) is 0 Å². The van der Waals surface area contributed by atoms with E-state index in [0.29, 0.717) is 5.56 Å². The SMILES string of the molecule is C#CC(CCC)NC(=O)c1ccc2cc[nH]c2c1. The van der Waals surface area contributed by atoms with Crippen LogP contribution in [-0.4, -0.2) is 16.9 Å². The van der Waals surface area contributed by atoms with E-state index < -0.39 is 0 Å². The van der Waals surface area contributed by atoms with Crippen LogP contribution in [0.3, 0.4) is 0 Å². The lowest BCUT2D eigenvalue weighted by Gasteiger charge is -2.11. The largest absolute Gasteiger partial charge is 0.361 e. The van der Waals surface area contributed by atoms with E-state index in [2.05, 4.69) is 16.2 Å². The molecule has 92 valence electrons. The van der Waals surface area contributed by atoms with Crippen LogP contribution in [0.1, 0.15) is 30.1 Å². The predicted octanol–water partition coefficient (Wildman–Crippen LogP) is 2.70.